The molecule has 0 spiro atoms. The molecule has 2 heterocycles. The van der Waals surface area contributed by atoms with Gasteiger partial charge in [-0.2, -0.15) is 4.98 Å². The van der Waals surface area contributed by atoms with Crippen molar-refractivity contribution in [2.45, 2.75) is 56.6 Å². The zero-order valence-corrected chi connectivity index (χ0v) is 15.7. The van der Waals surface area contributed by atoms with Crippen LogP contribution in [0.25, 0.3) is 0 Å². The predicted octanol–water partition coefficient (Wildman–Crippen LogP) is 0.815. The molecule has 0 bridgehead atoms. The van der Waals surface area contributed by atoms with Gasteiger partial charge in [0.15, 0.2) is 21.8 Å². The van der Waals surface area contributed by atoms with Gasteiger partial charge in [0.1, 0.15) is 0 Å². The molecular formula is C15H24N4O5S. The van der Waals surface area contributed by atoms with Gasteiger partial charge in [-0.25, -0.2) is 13.2 Å². The summed E-state index contributed by atoms with van der Waals surface area (Å²) in [6.45, 7) is 6.00. The Morgan fingerprint density at radius 3 is 2.60 bits per heavy atom. The van der Waals surface area contributed by atoms with Gasteiger partial charge in [0.2, 0.25) is 0 Å². The molecule has 2 fully saturated rings. The minimum atomic E-state index is -3.22. The minimum Gasteiger partial charge on any atom is -0.362 e. The number of urea groups is 1. The quantitative estimate of drug-likeness (QED) is 0.832. The highest BCUT2D eigenvalue weighted by atomic mass is 32.2. The molecule has 1 N–H and O–H groups in total. The van der Waals surface area contributed by atoms with Crippen molar-refractivity contribution < 1.29 is 22.5 Å². The van der Waals surface area contributed by atoms with Crippen LogP contribution in [0.3, 0.4) is 0 Å². The highest BCUT2D eigenvalue weighted by molar-refractivity contribution is 7.92. The van der Waals surface area contributed by atoms with Crippen LogP contribution in [-0.2, 0) is 14.6 Å². The smallest absolute Gasteiger partial charge is 0.317 e. The summed E-state index contributed by atoms with van der Waals surface area (Å²) in [5.74, 6) is 0.843. The summed E-state index contributed by atoms with van der Waals surface area (Å²) in [6.07, 6.45) is 1.70. The van der Waals surface area contributed by atoms with Crippen LogP contribution < -0.4 is 5.32 Å². The molecule has 2 amide bonds. The van der Waals surface area contributed by atoms with Crippen molar-refractivity contribution in [3.63, 3.8) is 0 Å². The summed E-state index contributed by atoms with van der Waals surface area (Å²) in [5, 5.41) is 6.59. The molecule has 1 saturated heterocycles. The molecule has 1 unspecified atom stereocenters. The second-order valence-corrected chi connectivity index (χ2v) is 9.39. The van der Waals surface area contributed by atoms with Crippen molar-refractivity contribution in [3.05, 3.63) is 11.7 Å². The zero-order valence-electron chi connectivity index (χ0n) is 14.9. The van der Waals surface area contributed by atoms with E-state index in [4.69, 9.17) is 9.26 Å². The lowest BCUT2D eigenvalue weighted by Gasteiger charge is -2.36. The van der Waals surface area contributed by atoms with Gasteiger partial charge in [0.05, 0.1) is 17.4 Å². The van der Waals surface area contributed by atoms with Gasteiger partial charge in [-0.3, -0.25) is 0 Å². The van der Waals surface area contributed by atoms with E-state index in [1.807, 2.05) is 6.92 Å². The molecule has 2 aliphatic rings. The maximum absolute atomic E-state index is 12.6. The van der Waals surface area contributed by atoms with Gasteiger partial charge in [-0.1, -0.05) is 5.16 Å². The van der Waals surface area contributed by atoms with Crippen molar-refractivity contribution in [2.75, 3.05) is 19.3 Å². The molecule has 10 heteroatoms. The number of aromatic nitrogens is 2. The van der Waals surface area contributed by atoms with E-state index in [0.717, 1.165) is 0 Å². The van der Waals surface area contributed by atoms with Crippen LogP contribution in [0, 0.1) is 6.92 Å². The summed E-state index contributed by atoms with van der Waals surface area (Å²) >= 11 is 0. The number of nitrogens with one attached hydrogen (secondary N) is 1. The van der Waals surface area contributed by atoms with Gasteiger partial charge in [-0.15, -0.1) is 0 Å². The topological polar surface area (TPSA) is 115 Å². The van der Waals surface area contributed by atoms with E-state index < -0.39 is 26.7 Å². The van der Waals surface area contributed by atoms with Crippen molar-refractivity contribution in [2.24, 2.45) is 0 Å². The third-order valence-corrected chi connectivity index (χ3v) is 7.22. The van der Waals surface area contributed by atoms with E-state index in [1.54, 1.807) is 18.7 Å². The number of rotatable bonds is 4. The van der Waals surface area contributed by atoms with E-state index in [1.165, 1.54) is 6.26 Å². The van der Waals surface area contributed by atoms with Crippen LogP contribution in [0.1, 0.15) is 44.5 Å². The molecule has 1 aliphatic heterocycles. The Bertz CT molecular complexity index is 758. The first kappa shape index (κ1) is 18.1. The molecule has 1 aromatic rings. The van der Waals surface area contributed by atoms with E-state index in [-0.39, 0.29) is 18.7 Å². The molecule has 0 aromatic carbocycles. The van der Waals surface area contributed by atoms with Crippen LogP contribution in [0.4, 0.5) is 4.79 Å². The highest BCUT2D eigenvalue weighted by Gasteiger charge is 2.56. The summed E-state index contributed by atoms with van der Waals surface area (Å²) in [5.41, 5.74) is 0. The van der Waals surface area contributed by atoms with Gasteiger partial charge in [-0.05, 0) is 33.6 Å². The standard InChI is InChI=1S/C15H24N4O5S/c1-9-7-19(8-12(23-9)13-17-11(3)18-24-13)14(20)16-10(2)15(5-6-15)25(4,21)22/h9-10,12H,5-8H2,1-4H3,(H,16,20)/t9-,10?,12-/m1/s1. The molecule has 140 valence electrons. The summed E-state index contributed by atoms with van der Waals surface area (Å²) in [7, 11) is -3.22. The van der Waals surface area contributed by atoms with E-state index in [9.17, 15) is 13.2 Å². The van der Waals surface area contributed by atoms with Crippen LogP contribution >= 0.6 is 0 Å². The fraction of sp³-hybridized carbons (Fsp3) is 0.800. The van der Waals surface area contributed by atoms with E-state index >= 15 is 0 Å². The molecule has 0 radical (unpaired) electrons. The van der Waals surface area contributed by atoms with Crippen LogP contribution in [-0.4, -0.2) is 65.7 Å². The first-order valence-electron chi connectivity index (χ1n) is 8.33. The molecule has 3 rings (SSSR count). The maximum atomic E-state index is 12.6. The minimum absolute atomic E-state index is 0.197. The summed E-state index contributed by atoms with van der Waals surface area (Å²) in [4.78, 5) is 18.4. The Balaban J connectivity index is 1.67. The average Bonchev–Trinajstić information content (AvgIpc) is 3.23. The molecule has 1 aromatic heterocycles. The number of carbonyl (C=O) groups excluding carboxylic acids is 1. The van der Waals surface area contributed by atoms with Crippen molar-refractivity contribution in [1.82, 2.24) is 20.4 Å². The lowest BCUT2D eigenvalue weighted by atomic mass is 10.2. The normalized spacial score (nSPS) is 27.0. The van der Waals surface area contributed by atoms with Gasteiger partial charge in [0, 0.05) is 18.8 Å². The predicted molar refractivity (Wildman–Crippen MR) is 88.7 cm³/mol. The number of aryl methyl sites for hydroxylation is 1. The number of hydrogen-bond acceptors (Lipinski definition) is 7. The van der Waals surface area contributed by atoms with Gasteiger partial charge in [0.25, 0.3) is 5.89 Å². The maximum Gasteiger partial charge on any atom is 0.317 e. The Hall–Kier alpha value is -1.68. The van der Waals surface area contributed by atoms with Gasteiger partial charge < -0.3 is 19.5 Å². The zero-order chi connectivity index (χ0) is 18.4. The van der Waals surface area contributed by atoms with E-state index in [2.05, 4.69) is 15.5 Å². The number of sulfone groups is 1. The van der Waals surface area contributed by atoms with Crippen LogP contribution in [0.15, 0.2) is 4.52 Å². The summed E-state index contributed by atoms with van der Waals surface area (Å²) in [6, 6.07) is -0.754. The van der Waals surface area contributed by atoms with Crippen LogP contribution in [0.5, 0.6) is 0 Å². The largest absolute Gasteiger partial charge is 0.362 e. The molecule has 25 heavy (non-hydrogen) atoms. The molecule has 9 nitrogen and oxygen atoms in total. The first-order chi connectivity index (χ1) is 11.6. The lowest BCUT2D eigenvalue weighted by Crippen LogP contribution is -2.55. The fourth-order valence-electron chi connectivity index (χ4n) is 3.35. The summed E-state index contributed by atoms with van der Waals surface area (Å²) < 4.78 is 34.1. The third-order valence-electron chi connectivity index (χ3n) is 4.98. The Kier molecular flexibility index (Phi) is 4.52. The Labute approximate surface area is 147 Å². The van der Waals surface area contributed by atoms with Gasteiger partial charge >= 0.3 is 6.03 Å². The van der Waals surface area contributed by atoms with E-state index in [0.29, 0.717) is 31.1 Å². The lowest BCUT2D eigenvalue weighted by molar-refractivity contribution is -0.0783. The molecule has 1 saturated carbocycles. The number of hydrogen-bond donors (Lipinski definition) is 1. The monoisotopic (exact) mass is 372 g/mol. The molecule has 3 atom stereocenters. The second kappa shape index (κ2) is 6.24. The number of nitrogens with zero attached hydrogens (tertiary/aromatic N) is 3. The van der Waals surface area contributed by atoms with Crippen molar-refractivity contribution in [3.8, 4) is 0 Å². The first-order valence-corrected chi connectivity index (χ1v) is 10.2. The third kappa shape index (κ3) is 3.50. The number of amides is 2. The number of morpholine rings is 1. The second-order valence-electron chi connectivity index (χ2n) is 7.03. The SMILES string of the molecule is Cc1noc([C@H]2CN(C(=O)NC(C)C3(S(C)(=O)=O)CC3)C[C@@H](C)O2)n1. The molecular weight excluding hydrogens is 348 g/mol. The van der Waals surface area contributed by atoms with Crippen molar-refractivity contribution >= 4 is 15.9 Å². The Morgan fingerprint density at radius 2 is 2.08 bits per heavy atom. The Morgan fingerprint density at radius 1 is 1.40 bits per heavy atom. The molecule has 1 aliphatic carbocycles. The number of carbonyl (C=O) groups is 1. The van der Waals surface area contributed by atoms with Crippen LogP contribution in [0.2, 0.25) is 0 Å². The highest BCUT2D eigenvalue weighted by Crippen LogP contribution is 2.46. The van der Waals surface area contributed by atoms with Crippen molar-refractivity contribution in [1.29, 1.82) is 0 Å². The average molecular weight is 372 g/mol. The fourth-order valence-corrected chi connectivity index (χ4v) is 4.90. The number of ether oxygens (including phenoxy) is 1.